The number of benzene rings is 1. The molecule has 1 saturated carbocycles. The molecule has 6 rings (SSSR count). The molecule has 1 aliphatic carbocycles. The highest BCUT2D eigenvalue weighted by Crippen LogP contribution is 2.51. The van der Waals surface area contributed by atoms with E-state index in [1.807, 2.05) is 17.0 Å². The number of amides is 2. The van der Waals surface area contributed by atoms with E-state index in [1.165, 1.54) is 0 Å². The lowest BCUT2D eigenvalue weighted by molar-refractivity contribution is -0.176. The minimum absolute atomic E-state index is 0.0292. The first-order chi connectivity index (χ1) is 16.0. The molecule has 33 heavy (non-hydrogen) atoms. The van der Waals surface area contributed by atoms with Crippen molar-refractivity contribution < 1.29 is 14.3 Å². The van der Waals surface area contributed by atoms with Crippen molar-refractivity contribution in [2.24, 2.45) is 16.7 Å². The molecule has 0 unspecified atom stereocenters. The Bertz CT molecular complexity index is 1160. The van der Waals surface area contributed by atoms with Crippen LogP contribution in [0, 0.1) is 28.1 Å². The average Bonchev–Trinajstić information content (AvgIpc) is 3.56. The fourth-order valence-corrected chi connectivity index (χ4v) is 5.15. The smallest absolute Gasteiger partial charge is 0.253 e. The van der Waals surface area contributed by atoms with Crippen LogP contribution in [0.15, 0.2) is 36.5 Å². The van der Waals surface area contributed by atoms with E-state index in [-0.39, 0.29) is 23.1 Å². The number of ether oxygens (including phenoxy) is 1. The zero-order chi connectivity index (χ0) is 22.6. The van der Waals surface area contributed by atoms with Gasteiger partial charge in [0.05, 0.1) is 24.7 Å². The highest BCUT2D eigenvalue weighted by atomic mass is 16.5. The molecule has 2 aromatic rings. The maximum absolute atomic E-state index is 13.0. The van der Waals surface area contributed by atoms with Crippen molar-refractivity contribution in [3.8, 4) is 6.07 Å². The first-order valence-electron chi connectivity index (χ1n) is 11.3. The van der Waals surface area contributed by atoms with Crippen molar-refractivity contribution in [2.45, 2.75) is 19.3 Å². The third kappa shape index (κ3) is 3.25. The molecular formula is C24H24N6O3. The van der Waals surface area contributed by atoms with Crippen molar-refractivity contribution in [3.63, 3.8) is 0 Å². The molecule has 4 fully saturated rings. The van der Waals surface area contributed by atoms with E-state index < -0.39 is 5.41 Å². The number of nitriles is 1. The van der Waals surface area contributed by atoms with Crippen LogP contribution in [0.4, 0.5) is 17.5 Å². The van der Waals surface area contributed by atoms with Crippen LogP contribution in [0.3, 0.4) is 0 Å². The summed E-state index contributed by atoms with van der Waals surface area (Å²) in [6.45, 7) is 3.50. The van der Waals surface area contributed by atoms with E-state index in [0.29, 0.717) is 30.3 Å². The van der Waals surface area contributed by atoms with Gasteiger partial charge in [0.25, 0.3) is 5.91 Å². The molecule has 1 N–H and O–H groups in total. The van der Waals surface area contributed by atoms with E-state index in [0.717, 1.165) is 44.8 Å². The van der Waals surface area contributed by atoms with E-state index in [2.05, 4.69) is 21.4 Å². The summed E-state index contributed by atoms with van der Waals surface area (Å²) in [4.78, 5) is 37.9. The quantitative estimate of drug-likeness (QED) is 0.753. The molecular weight excluding hydrogens is 420 g/mol. The Balaban J connectivity index is 1.12. The highest BCUT2D eigenvalue weighted by Gasteiger charge is 2.57. The number of rotatable bonds is 5. The number of likely N-dealkylation sites (tertiary alicyclic amines) is 1. The summed E-state index contributed by atoms with van der Waals surface area (Å²) in [6.07, 6.45) is 4.02. The van der Waals surface area contributed by atoms with Gasteiger partial charge in [-0.1, -0.05) is 0 Å². The van der Waals surface area contributed by atoms with Gasteiger partial charge < -0.3 is 15.0 Å². The zero-order valence-corrected chi connectivity index (χ0v) is 18.2. The summed E-state index contributed by atoms with van der Waals surface area (Å²) in [5.74, 6) is 0.899. The first kappa shape index (κ1) is 20.1. The fourth-order valence-electron chi connectivity index (χ4n) is 5.15. The van der Waals surface area contributed by atoms with Gasteiger partial charge in [-0.25, -0.2) is 4.98 Å². The number of carbonyl (C=O) groups excluding carboxylic acids is 2. The molecule has 9 heteroatoms. The first-order valence-corrected chi connectivity index (χ1v) is 11.3. The molecule has 4 heterocycles. The van der Waals surface area contributed by atoms with Gasteiger partial charge >= 0.3 is 0 Å². The summed E-state index contributed by atoms with van der Waals surface area (Å²) in [6, 6.07) is 11.2. The number of anilines is 3. The van der Waals surface area contributed by atoms with Crippen LogP contribution >= 0.6 is 0 Å². The number of nitrogens with one attached hydrogen (secondary N) is 1. The van der Waals surface area contributed by atoms with Crippen molar-refractivity contribution in [3.05, 3.63) is 42.1 Å². The Morgan fingerprint density at radius 1 is 1.18 bits per heavy atom. The Morgan fingerprint density at radius 2 is 1.94 bits per heavy atom. The second-order valence-corrected chi connectivity index (χ2v) is 9.66. The fraction of sp³-hybridized carbons (Fsp3) is 0.458. The molecule has 1 aromatic carbocycles. The molecule has 3 aliphatic heterocycles. The minimum atomic E-state index is -0.900. The lowest BCUT2D eigenvalue weighted by Crippen LogP contribution is -2.67. The number of carbonyl (C=O) groups is 2. The van der Waals surface area contributed by atoms with E-state index in [1.54, 1.807) is 29.3 Å². The van der Waals surface area contributed by atoms with Gasteiger partial charge in [0.15, 0.2) is 0 Å². The summed E-state index contributed by atoms with van der Waals surface area (Å²) < 4.78 is 5.27. The zero-order valence-electron chi connectivity index (χ0n) is 18.2. The molecule has 0 bridgehead atoms. The topological polar surface area (TPSA) is 111 Å². The standard InChI is InChI=1S/C24H24N6O3/c25-11-24(17-3-4-17)8-10-30(21(24)32)19-7-9-26-22(28-19)27-18-5-1-16(2-6-18)20(31)29-12-23(13-29)14-33-15-23/h1-2,5-7,9,17H,3-4,8,10,12-15H2,(H,26,27,28)/t24-/m1/s1. The van der Waals surface area contributed by atoms with Crippen LogP contribution in [0.25, 0.3) is 0 Å². The second-order valence-electron chi connectivity index (χ2n) is 9.66. The Kier molecular flexibility index (Phi) is 4.42. The van der Waals surface area contributed by atoms with Crippen molar-refractivity contribution in [1.29, 1.82) is 5.26 Å². The Hall–Kier alpha value is -3.51. The van der Waals surface area contributed by atoms with Crippen LogP contribution in [0.2, 0.25) is 0 Å². The normalized spacial score (nSPS) is 25.4. The Labute approximate surface area is 191 Å². The van der Waals surface area contributed by atoms with Crippen LogP contribution in [-0.4, -0.2) is 59.5 Å². The molecule has 0 radical (unpaired) electrons. The van der Waals surface area contributed by atoms with Gasteiger partial charge in [-0.2, -0.15) is 10.2 Å². The second kappa shape index (κ2) is 7.25. The molecule has 9 nitrogen and oxygen atoms in total. The summed E-state index contributed by atoms with van der Waals surface area (Å²) in [5, 5.41) is 12.8. The van der Waals surface area contributed by atoms with Crippen LogP contribution in [-0.2, 0) is 9.53 Å². The highest BCUT2D eigenvalue weighted by molar-refractivity contribution is 6.01. The molecule has 4 aliphatic rings. The molecule has 3 saturated heterocycles. The van der Waals surface area contributed by atoms with E-state index in [4.69, 9.17) is 4.74 Å². The average molecular weight is 444 g/mol. The SMILES string of the molecule is N#C[C@@]1(C2CC2)CCN(c2ccnc(Nc3ccc(C(=O)N4CC5(COC5)C4)cc3)n2)C1=O. The van der Waals surface area contributed by atoms with Crippen LogP contribution in [0.5, 0.6) is 0 Å². The minimum Gasteiger partial charge on any atom is -0.380 e. The summed E-state index contributed by atoms with van der Waals surface area (Å²) >= 11 is 0. The Morgan fingerprint density at radius 3 is 2.58 bits per heavy atom. The summed E-state index contributed by atoms with van der Waals surface area (Å²) in [7, 11) is 0. The maximum Gasteiger partial charge on any atom is 0.253 e. The van der Waals surface area contributed by atoms with Gasteiger partial charge in [0, 0.05) is 37.1 Å². The number of hydrogen-bond donors (Lipinski definition) is 1. The van der Waals surface area contributed by atoms with Gasteiger partial charge in [-0.05, 0) is 55.5 Å². The number of aromatic nitrogens is 2. The van der Waals surface area contributed by atoms with Crippen molar-refractivity contribution in [1.82, 2.24) is 14.9 Å². The lowest BCUT2D eigenvalue weighted by atomic mass is 9.78. The maximum atomic E-state index is 13.0. The van der Waals surface area contributed by atoms with Gasteiger partial charge in [0.1, 0.15) is 11.2 Å². The van der Waals surface area contributed by atoms with Gasteiger partial charge in [-0.15, -0.1) is 0 Å². The predicted octanol–water partition coefficient (Wildman–Crippen LogP) is 2.35. The van der Waals surface area contributed by atoms with Gasteiger partial charge in [-0.3, -0.25) is 14.5 Å². The molecule has 2 amide bonds. The third-order valence-corrected chi connectivity index (χ3v) is 7.29. The van der Waals surface area contributed by atoms with Crippen LogP contribution < -0.4 is 10.2 Å². The van der Waals surface area contributed by atoms with E-state index in [9.17, 15) is 14.9 Å². The van der Waals surface area contributed by atoms with Crippen LogP contribution in [0.1, 0.15) is 29.6 Å². The lowest BCUT2D eigenvalue weighted by Gasteiger charge is -2.54. The predicted molar refractivity (Wildman–Crippen MR) is 119 cm³/mol. The number of nitrogens with zero attached hydrogens (tertiary/aromatic N) is 5. The number of hydrogen-bond acceptors (Lipinski definition) is 7. The largest absolute Gasteiger partial charge is 0.380 e. The van der Waals surface area contributed by atoms with Crippen molar-refractivity contribution >= 4 is 29.3 Å². The van der Waals surface area contributed by atoms with Crippen molar-refractivity contribution in [2.75, 3.05) is 43.1 Å². The third-order valence-electron chi connectivity index (χ3n) is 7.29. The van der Waals surface area contributed by atoms with E-state index >= 15 is 0 Å². The molecule has 168 valence electrons. The monoisotopic (exact) mass is 444 g/mol. The molecule has 1 aromatic heterocycles. The summed E-state index contributed by atoms with van der Waals surface area (Å²) in [5.41, 5.74) is 0.680. The molecule has 1 atom stereocenters. The van der Waals surface area contributed by atoms with Gasteiger partial charge in [0.2, 0.25) is 11.9 Å². The molecule has 1 spiro atoms.